The van der Waals surface area contributed by atoms with Crippen LogP contribution in [0.1, 0.15) is 32.9 Å². The van der Waals surface area contributed by atoms with Gasteiger partial charge in [0.05, 0.1) is 10.7 Å². The summed E-state index contributed by atoms with van der Waals surface area (Å²) in [6.45, 7) is 5.92. The van der Waals surface area contributed by atoms with Crippen molar-refractivity contribution < 1.29 is 4.79 Å². The summed E-state index contributed by atoms with van der Waals surface area (Å²) in [5.74, 6) is -0.0295. The quantitative estimate of drug-likeness (QED) is 0.805. The Labute approximate surface area is 119 Å². The van der Waals surface area contributed by atoms with Crippen LogP contribution in [0.5, 0.6) is 0 Å². The molecule has 0 saturated carbocycles. The molecule has 0 aliphatic rings. The topological polar surface area (TPSA) is 32.9 Å². The minimum atomic E-state index is -0.0295. The normalized spacial score (nSPS) is 10.7. The highest BCUT2D eigenvalue weighted by atomic mass is 79.9. The van der Waals surface area contributed by atoms with Crippen LogP contribution in [0.15, 0.2) is 22.7 Å². The Morgan fingerprint density at radius 2 is 1.89 bits per heavy atom. The van der Waals surface area contributed by atoms with Gasteiger partial charge >= 0.3 is 0 Å². The summed E-state index contributed by atoms with van der Waals surface area (Å²) in [6, 6.07) is 5.23. The molecular formula is C14H13BrClNO. The summed E-state index contributed by atoms with van der Waals surface area (Å²) in [5, 5.41) is 0.540. The number of hydrogen-bond acceptors (Lipinski definition) is 1. The molecule has 1 aromatic heterocycles. The first-order valence-electron chi connectivity index (χ1n) is 5.57. The van der Waals surface area contributed by atoms with Crippen LogP contribution in [-0.2, 0) is 0 Å². The zero-order valence-electron chi connectivity index (χ0n) is 10.4. The number of benzene rings is 1. The number of aryl methyl sites for hydroxylation is 1. The van der Waals surface area contributed by atoms with E-state index >= 15 is 0 Å². The maximum absolute atomic E-state index is 12.4. The summed E-state index contributed by atoms with van der Waals surface area (Å²) in [7, 11) is 0. The van der Waals surface area contributed by atoms with Crippen molar-refractivity contribution in [3.05, 3.63) is 55.8 Å². The Morgan fingerprint density at radius 3 is 2.39 bits per heavy atom. The standard InChI is InChI=1S/C14H13BrClNO/c1-7-8(2)13(17-9(7)3)14(18)10-4-5-11(15)12(16)6-10/h4-6,17H,1-3H3. The highest BCUT2D eigenvalue weighted by Crippen LogP contribution is 2.25. The fraction of sp³-hybridized carbons (Fsp3) is 0.214. The molecule has 0 spiro atoms. The zero-order valence-corrected chi connectivity index (χ0v) is 12.7. The number of halogens is 2. The fourth-order valence-electron chi connectivity index (χ4n) is 1.85. The number of hydrogen-bond donors (Lipinski definition) is 1. The number of ketones is 1. The summed E-state index contributed by atoms with van der Waals surface area (Å²) in [4.78, 5) is 15.5. The molecule has 0 bridgehead atoms. The van der Waals surface area contributed by atoms with E-state index in [9.17, 15) is 4.79 Å². The van der Waals surface area contributed by atoms with Gasteiger partial charge in [-0.25, -0.2) is 0 Å². The highest BCUT2D eigenvalue weighted by molar-refractivity contribution is 9.10. The Balaban J connectivity index is 2.48. The van der Waals surface area contributed by atoms with Gasteiger partial charge in [-0.1, -0.05) is 11.6 Å². The first kappa shape index (κ1) is 13.4. The van der Waals surface area contributed by atoms with E-state index in [1.54, 1.807) is 18.2 Å². The molecule has 1 aromatic carbocycles. The van der Waals surface area contributed by atoms with Crippen LogP contribution in [0.2, 0.25) is 5.02 Å². The largest absolute Gasteiger partial charge is 0.356 e. The fourth-order valence-corrected chi connectivity index (χ4v) is 2.28. The molecule has 1 N–H and O–H groups in total. The molecule has 0 saturated heterocycles. The lowest BCUT2D eigenvalue weighted by atomic mass is 10.0. The molecular weight excluding hydrogens is 314 g/mol. The Kier molecular flexibility index (Phi) is 3.64. The second-order valence-electron chi connectivity index (χ2n) is 4.33. The molecule has 0 atom stereocenters. The van der Waals surface area contributed by atoms with E-state index in [2.05, 4.69) is 20.9 Å². The minimum Gasteiger partial charge on any atom is -0.356 e. The van der Waals surface area contributed by atoms with Gasteiger partial charge < -0.3 is 4.98 Å². The van der Waals surface area contributed by atoms with Gasteiger partial charge in [0.1, 0.15) is 0 Å². The van der Waals surface area contributed by atoms with E-state index in [1.165, 1.54) is 0 Å². The number of nitrogens with one attached hydrogen (secondary N) is 1. The molecule has 2 nitrogen and oxygen atoms in total. The zero-order chi connectivity index (χ0) is 13.4. The van der Waals surface area contributed by atoms with Crippen LogP contribution in [0.3, 0.4) is 0 Å². The number of aromatic nitrogens is 1. The molecule has 4 heteroatoms. The summed E-state index contributed by atoms with van der Waals surface area (Å²) >= 11 is 9.33. The van der Waals surface area contributed by atoms with Gasteiger partial charge in [-0.2, -0.15) is 0 Å². The molecule has 0 fully saturated rings. The molecule has 0 amide bonds. The Morgan fingerprint density at radius 1 is 1.22 bits per heavy atom. The maximum atomic E-state index is 12.4. The van der Waals surface area contributed by atoms with Crippen molar-refractivity contribution in [2.45, 2.75) is 20.8 Å². The third-order valence-corrected chi connectivity index (χ3v) is 4.45. The van der Waals surface area contributed by atoms with Gasteiger partial charge in [0.15, 0.2) is 0 Å². The molecule has 2 rings (SSSR count). The number of carbonyl (C=O) groups excluding carboxylic acids is 1. The average molecular weight is 327 g/mol. The van der Waals surface area contributed by atoms with Crippen LogP contribution in [0.4, 0.5) is 0 Å². The molecule has 94 valence electrons. The van der Waals surface area contributed by atoms with Gasteiger partial charge in [-0.05, 0) is 66.0 Å². The second-order valence-corrected chi connectivity index (χ2v) is 5.59. The summed E-state index contributed by atoms with van der Waals surface area (Å²) in [5.41, 5.74) is 4.38. The third kappa shape index (κ3) is 2.25. The number of carbonyl (C=O) groups is 1. The number of rotatable bonds is 2. The smallest absolute Gasteiger partial charge is 0.209 e. The van der Waals surface area contributed by atoms with Gasteiger partial charge in [0, 0.05) is 15.7 Å². The summed E-state index contributed by atoms with van der Waals surface area (Å²) < 4.78 is 0.788. The van der Waals surface area contributed by atoms with Crippen molar-refractivity contribution >= 4 is 33.3 Å². The van der Waals surface area contributed by atoms with Crippen LogP contribution in [0, 0.1) is 20.8 Å². The van der Waals surface area contributed by atoms with Crippen molar-refractivity contribution in [3.63, 3.8) is 0 Å². The van der Waals surface area contributed by atoms with E-state index in [1.807, 2.05) is 20.8 Å². The molecule has 2 aromatic rings. The maximum Gasteiger partial charge on any atom is 0.209 e. The molecule has 0 aliphatic carbocycles. The number of H-pyrrole nitrogens is 1. The predicted molar refractivity (Wildman–Crippen MR) is 77.6 cm³/mol. The van der Waals surface area contributed by atoms with Crippen molar-refractivity contribution in [1.29, 1.82) is 0 Å². The first-order valence-corrected chi connectivity index (χ1v) is 6.74. The van der Waals surface area contributed by atoms with E-state index in [4.69, 9.17) is 11.6 Å². The SMILES string of the molecule is Cc1[nH]c(C(=O)c2ccc(Br)c(Cl)c2)c(C)c1C. The van der Waals surface area contributed by atoms with E-state index in [-0.39, 0.29) is 5.78 Å². The van der Waals surface area contributed by atoms with Gasteiger partial charge in [-0.15, -0.1) is 0 Å². The van der Waals surface area contributed by atoms with E-state index in [0.717, 1.165) is 21.3 Å². The second kappa shape index (κ2) is 4.90. The molecule has 1 heterocycles. The number of aromatic amines is 1. The van der Waals surface area contributed by atoms with E-state index in [0.29, 0.717) is 16.3 Å². The first-order chi connectivity index (χ1) is 8.41. The predicted octanol–water partition coefficient (Wildman–Crippen LogP) is 4.59. The third-order valence-electron chi connectivity index (χ3n) is 3.22. The van der Waals surface area contributed by atoms with Gasteiger partial charge in [-0.3, -0.25) is 4.79 Å². The van der Waals surface area contributed by atoms with Crippen LogP contribution in [0.25, 0.3) is 0 Å². The van der Waals surface area contributed by atoms with Gasteiger partial charge in [0.2, 0.25) is 5.78 Å². The Bertz CT molecular complexity index is 631. The molecule has 0 unspecified atom stereocenters. The van der Waals surface area contributed by atoms with Crippen molar-refractivity contribution in [1.82, 2.24) is 4.98 Å². The van der Waals surface area contributed by atoms with Crippen LogP contribution < -0.4 is 0 Å². The lowest BCUT2D eigenvalue weighted by Crippen LogP contribution is -2.03. The Hall–Kier alpha value is -1.06. The molecule has 0 aliphatic heterocycles. The van der Waals surface area contributed by atoms with Crippen molar-refractivity contribution in [2.75, 3.05) is 0 Å². The van der Waals surface area contributed by atoms with E-state index < -0.39 is 0 Å². The molecule has 18 heavy (non-hydrogen) atoms. The van der Waals surface area contributed by atoms with Crippen molar-refractivity contribution in [2.24, 2.45) is 0 Å². The lowest BCUT2D eigenvalue weighted by molar-refractivity contribution is 0.103. The monoisotopic (exact) mass is 325 g/mol. The lowest BCUT2D eigenvalue weighted by Gasteiger charge is -2.03. The average Bonchev–Trinajstić information content (AvgIpc) is 2.60. The highest BCUT2D eigenvalue weighted by Gasteiger charge is 2.17. The van der Waals surface area contributed by atoms with Crippen molar-refractivity contribution in [3.8, 4) is 0 Å². The minimum absolute atomic E-state index is 0.0295. The van der Waals surface area contributed by atoms with Gasteiger partial charge in [0.25, 0.3) is 0 Å². The summed E-state index contributed by atoms with van der Waals surface area (Å²) in [6.07, 6.45) is 0. The molecule has 0 radical (unpaired) electrons. The van der Waals surface area contributed by atoms with Crippen LogP contribution in [-0.4, -0.2) is 10.8 Å². The van der Waals surface area contributed by atoms with Crippen LogP contribution >= 0.6 is 27.5 Å².